The molecule has 3 fully saturated rings. The Balaban J connectivity index is 1.38. The summed E-state index contributed by atoms with van der Waals surface area (Å²) >= 11 is 0. The fourth-order valence-electron chi connectivity index (χ4n) is 6.35. The number of aromatic nitrogens is 3. The van der Waals surface area contributed by atoms with E-state index in [1.54, 1.807) is 12.4 Å². The van der Waals surface area contributed by atoms with Gasteiger partial charge in [0.15, 0.2) is 0 Å². The number of rotatable bonds is 5. The van der Waals surface area contributed by atoms with E-state index in [-0.39, 0.29) is 42.0 Å². The van der Waals surface area contributed by atoms with Gasteiger partial charge >= 0.3 is 0 Å². The average Bonchev–Trinajstić information content (AvgIpc) is 3.52. The number of aliphatic hydroxyl groups excluding tert-OH is 1. The summed E-state index contributed by atoms with van der Waals surface area (Å²) < 4.78 is 1.86. The first-order valence-electron chi connectivity index (χ1n) is 12.3. The van der Waals surface area contributed by atoms with Gasteiger partial charge in [0.05, 0.1) is 17.6 Å². The van der Waals surface area contributed by atoms with Gasteiger partial charge in [-0.2, -0.15) is 0 Å². The maximum Gasteiger partial charge on any atom is 0.258 e. The molecule has 1 aliphatic carbocycles. The van der Waals surface area contributed by atoms with Gasteiger partial charge in [-0.25, -0.2) is 9.97 Å². The van der Waals surface area contributed by atoms with Crippen molar-refractivity contribution in [3.63, 3.8) is 0 Å². The average molecular weight is 450 g/mol. The van der Waals surface area contributed by atoms with Gasteiger partial charge in [-0.3, -0.25) is 14.5 Å². The Morgan fingerprint density at radius 1 is 1.09 bits per heavy atom. The number of nitrogens with zero attached hydrogens (tertiary/aromatic N) is 5. The zero-order chi connectivity index (χ0) is 22.5. The van der Waals surface area contributed by atoms with Crippen molar-refractivity contribution in [3.05, 3.63) is 46.9 Å². The highest BCUT2D eigenvalue weighted by atomic mass is 16.3. The van der Waals surface area contributed by atoms with E-state index >= 15 is 0 Å². The van der Waals surface area contributed by atoms with Crippen molar-refractivity contribution >= 4 is 5.91 Å². The first-order valence-corrected chi connectivity index (χ1v) is 12.3. The highest BCUT2D eigenvalue weighted by molar-refractivity contribution is 5.83. The molecule has 4 atom stereocenters. The summed E-state index contributed by atoms with van der Waals surface area (Å²) in [4.78, 5) is 39.7. The molecule has 0 aromatic carbocycles. The molecule has 2 aromatic heterocycles. The molecule has 174 valence electrons. The monoisotopic (exact) mass is 449 g/mol. The molecule has 1 saturated carbocycles. The lowest BCUT2D eigenvalue weighted by Crippen LogP contribution is -2.51. The van der Waals surface area contributed by atoms with Crippen molar-refractivity contribution in [1.82, 2.24) is 24.3 Å². The molecular formula is C25H31N5O3. The minimum absolute atomic E-state index is 0.00439. The first-order chi connectivity index (χ1) is 16.2. The smallest absolute Gasteiger partial charge is 0.258 e. The summed E-state index contributed by atoms with van der Waals surface area (Å²) in [6.07, 6.45) is 10.5. The quantitative estimate of drug-likeness (QED) is 0.747. The summed E-state index contributed by atoms with van der Waals surface area (Å²) in [7, 11) is 0. The van der Waals surface area contributed by atoms with Crippen molar-refractivity contribution in [3.8, 4) is 11.1 Å². The van der Waals surface area contributed by atoms with Gasteiger partial charge in [0.25, 0.3) is 5.56 Å². The van der Waals surface area contributed by atoms with E-state index in [9.17, 15) is 14.7 Å². The van der Waals surface area contributed by atoms with Crippen LogP contribution in [0.1, 0.15) is 43.8 Å². The molecule has 33 heavy (non-hydrogen) atoms. The minimum atomic E-state index is -0.297. The van der Waals surface area contributed by atoms with E-state index in [2.05, 4.69) is 14.9 Å². The normalized spacial score (nSPS) is 29.2. The zero-order valence-electron chi connectivity index (χ0n) is 18.8. The topological polar surface area (TPSA) is 91.6 Å². The molecule has 1 amide bonds. The predicted molar refractivity (Wildman–Crippen MR) is 122 cm³/mol. The lowest BCUT2D eigenvalue weighted by atomic mass is 9.88. The number of hydrogen-bond donors (Lipinski definition) is 1. The van der Waals surface area contributed by atoms with Crippen LogP contribution in [0, 0.1) is 17.8 Å². The van der Waals surface area contributed by atoms with Crippen molar-refractivity contribution < 1.29 is 9.90 Å². The maximum absolute atomic E-state index is 13.7. The van der Waals surface area contributed by atoms with Gasteiger partial charge < -0.3 is 14.6 Å². The van der Waals surface area contributed by atoms with Crippen LogP contribution in [0.2, 0.25) is 0 Å². The van der Waals surface area contributed by atoms with Crippen LogP contribution < -0.4 is 5.56 Å². The third-order valence-corrected chi connectivity index (χ3v) is 8.15. The van der Waals surface area contributed by atoms with E-state index in [0.29, 0.717) is 23.6 Å². The van der Waals surface area contributed by atoms with Gasteiger partial charge in [0, 0.05) is 68.3 Å². The molecule has 2 aromatic rings. The molecule has 6 rings (SSSR count). The van der Waals surface area contributed by atoms with Gasteiger partial charge in [-0.15, -0.1) is 0 Å². The molecule has 2 saturated heterocycles. The number of hydrogen-bond acceptors (Lipinski definition) is 6. The number of fused-ring (bicyclic) bond motifs is 3. The molecule has 4 aliphatic rings. The highest BCUT2D eigenvalue weighted by Gasteiger charge is 2.56. The second-order valence-corrected chi connectivity index (χ2v) is 10.1. The molecule has 5 heterocycles. The third kappa shape index (κ3) is 3.51. The minimum Gasteiger partial charge on any atom is -0.396 e. The Labute approximate surface area is 193 Å². The van der Waals surface area contributed by atoms with Gasteiger partial charge in [0.1, 0.15) is 6.33 Å². The van der Waals surface area contributed by atoms with E-state index in [1.165, 1.54) is 25.6 Å². The Hall–Kier alpha value is -2.58. The van der Waals surface area contributed by atoms with Crippen LogP contribution in [0.3, 0.4) is 0 Å². The summed E-state index contributed by atoms with van der Waals surface area (Å²) in [6, 6.07) is 3.61. The number of aliphatic hydroxyl groups is 1. The standard InChI is InChI=1S/C25H31N5O3/c31-14-20-19-13-29-21(7-6-18(24(29)32)17-10-26-15-27-11-17)22(19)30(12-16-4-5-16)23(20)25(33)28-8-2-1-3-9-28/h6-7,10-11,15-16,19-20,22-23,31H,1-5,8-9,12-14H2/t19-,20-,22+,23-/m1/s1. The Morgan fingerprint density at radius 2 is 1.85 bits per heavy atom. The third-order valence-electron chi connectivity index (χ3n) is 8.15. The lowest BCUT2D eigenvalue weighted by Gasteiger charge is -2.36. The molecule has 0 spiro atoms. The maximum atomic E-state index is 13.7. The molecule has 0 radical (unpaired) electrons. The number of piperidine rings is 1. The van der Waals surface area contributed by atoms with Crippen molar-refractivity contribution in [1.29, 1.82) is 0 Å². The van der Waals surface area contributed by atoms with Crippen LogP contribution in [-0.4, -0.2) is 67.6 Å². The van der Waals surface area contributed by atoms with E-state index in [4.69, 9.17) is 0 Å². The lowest BCUT2D eigenvalue weighted by molar-refractivity contribution is -0.139. The number of amides is 1. The SMILES string of the molecule is O=C([C@H]1[C@H](CO)[C@H]2Cn3c(ccc(-c4cncnc4)c3=O)[C@H]2N1CC1CC1)N1CCCCC1. The van der Waals surface area contributed by atoms with Gasteiger partial charge in [-0.1, -0.05) is 0 Å². The molecule has 0 bridgehead atoms. The largest absolute Gasteiger partial charge is 0.396 e. The van der Waals surface area contributed by atoms with E-state index in [1.807, 2.05) is 21.6 Å². The fraction of sp³-hybridized carbons (Fsp3) is 0.600. The summed E-state index contributed by atoms with van der Waals surface area (Å²) in [6.45, 7) is 3.01. The van der Waals surface area contributed by atoms with Crippen LogP contribution in [0.15, 0.2) is 35.6 Å². The molecule has 0 unspecified atom stereocenters. The number of likely N-dealkylation sites (tertiary alicyclic amines) is 2. The number of carbonyl (C=O) groups excluding carboxylic acids is 1. The molecule has 3 aliphatic heterocycles. The fourth-order valence-corrected chi connectivity index (χ4v) is 6.35. The van der Waals surface area contributed by atoms with Crippen molar-refractivity contribution in [2.24, 2.45) is 17.8 Å². The van der Waals surface area contributed by atoms with E-state index < -0.39 is 0 Å². The summed E-state index contributed by atoms with van der Waals surface area (Å²) in [5, 5.41) is 10.5. The van der Waals surface area contributed by atoms with Crippen molar-refractivity contribution in [2.45, 2.75) is 50.7 Å². The molecular weight excluding hydrogens is 418 g/mol. The highest BCUT2D eigenvalue weighted by Crippen LogP contribution is 2.51. The Bertz CT molecular complexity index is 1090. The van der Waals surface area contributed by atoms with Crippen LogP contribution in [0.4, 0.5) is 0 Å². The molecule has 8 heteroatoms. The summed E-state index contributed by atoms with van der Waals surface area (Å²) in [5.74, 6) is 0.686. The van der Waals surface area contributed by atoms with Gasteiger partial charge in [0.2, 0.25) is 5.91 Å². The first kappa shape index (κ1) is 21.0. The van der Waals surface area contributed by atoms with Crippen molar-refractivity contribution in [2.75, 3.05) is 26.2 Å². The van der Waals surface area contributed by atoms with Crippen LogP contribution in [0.25, 0.3) is 11.1 Å². The van der Waals surface area contributed by atoms with Crippen LogP contribution in [0.5, 0.6) is 0 Å². The van der Waals surface area contributed by atoms with Crippen LogP contribution in [-0.2, 0) is 11.3 Å². The Kier molecular flexibility index (Phi) is 5.30. The molecule has 8 nitrogen and oxygen atoms in total. The second-order valence-electron chi connectivity index (χ2n) is 10.1. The zero-order valence-corrected chi connectivity index (χ0v) is 18.8. The van der Waals surface area contributed by atoms with E-state index in [0.717, 1.165) is 38.2 Å². The summed E-state index contributed by atoms with van der Waals surface area (Å²) in [5.41, 5.74) is 2.23. The number of pyridine rings is 1. The Morgan fingerprint density at radius 3 is 2.55 bits per heavy atom. The van der Waals surface area contributed by atoms with Gasteiger partial charge in [-0.05, 0) is 50.2 Å². The second kappa shape index (κ2) is 8.33. The predicted octanol–water partition coefficient (Wildman–Crippen LogP) is 1.69. The number of carbonyl (C=O) groups is 1. The van der Waals surface area contributed by atoms with Crippen LogP contribution >= 0.6 is 0 Å². The molecule has 1 N–H and O–H groups in total.